The molecule has 0 aliphatic carbocycles. The molecule has 3 aromatic heterocycles. The molecule has 2 N–H and O–H groups in total. The van der Waals surface area contributed by atoms with Crippen LogP contribution in [0.2, 0.25) is 0 Å². The van der Waals surface area contributed by atoms with Gasteiger partial charge in [-0.25, -0.2) is 4.39 Å². The molecule has 0 spiro atoms. The number of thiophene rings is 1. The van der Waals surface area contributed by atoms with Crippen LogP contribution in [0.25, 0.3) is 20.8 Å². The van der Waals surface area contributed by atoms with Gasteiger partial charge < -0.3 is 20.1 Å². The minimum absolute atomic E-state index is 0.0461. The third kappa shape index (κ3) is 6.13. The summed E-state index contributed by atoms with van der Waals surface area (Å²) in [6, 6.07) is 4.96. The summed E-state index contributed by atoms with van der Waals surface area (Å²) in [6.45, 7) is 6.97. The number of likely N-dealkylation sites (tertiary alicyclic amines) is 1. The van der Waals surface area contributed by atoms with Crippen LogP contribution in [0.4, 0.5) is 18.9 Å². The number of rotatable bonds is 8. The number of carbonyl (C=O) groups is 1. The summed E-state index contributed by atoms with van der Waals surface area (Å²) in [5.41, 5.74) is 0.789. The topological polar surface area (TPSA) is 101 Å². The van der Waals surface area contributed by atoms with Crippen LogP contribution >= 0.6 is 23.1 Å². The number of nitrogens with zero attached hydrogens (tertiary/aromatic N) is 5. The van der Waals surface area contributed by atoms with Crippen molar-refractivity contribution in [1.29, 1.82) is 0 Å². The molecule has 1 aliphatic heterocycles. The van der Waals surface area contributed by atoms with Gasteiger partial charge in [0.2, 0.25) is 11.7 Å². The molecule has 9 nitrogen and oxygen atoms in total. The van der Waals surface area contributed by atoms with E-state index in [9.17, 15) is 18.0 Å². The number of amides is 1. The average molecular weight is 594 g/mol. The van der Waals surface area contributed by atoms with Gasteiger partial charge in [0.05, 0.1) is 45.2 Å². The maximum Gasteiger partial charge on any atom is 0.288 e. The number of thioether (sulfide) groups is 1. The van der Waals surface area contributed by atoms with Crippen molar-refractivity contribution < 1.29 is 22.5 Å². The Labute approximate surface area is 237 Å². The largest absolute Gasteiger partial charge is 0.378 e. The van der Waals surface area contributed by atoms with Crippen molar-refractivity contribution >= 4 is 44.8 Å². The van der Waals surface area contributed by atoms with E-state index in [0.717, 1.165) is 6.54 Å². The molecule has 14 heteroatoms. The van der Waals surface area contributed by atoms with Crippen molar-refractivity contribution in [2.75, 3.05) is 25.5 Å². The summed E-state index contributed by atoms with van der Waals surface area (Å²) in [7, 11) is 1.88. The third-order valence-electron chi connectivity index (χ3n) is 6.57. The van der Waals surface area contributed by atoms with Crippen LogP contribution in [0.15, 0.2) is 40.0 Å². The highest BCUT2D eigenvalue weighted by atomic mass is 32.2. The lowest BCUT2D eigenvalue weighted by Crippen LogP contribution is -2.46. The van der Waals surface area contributed by atoms with E-state index in [0.29, 0.717) is 55.8 Å². The molecule has 1 saturated heterocycles. The molecule has 214 valence electrons. The highest BCUT2D eigenvalue weighted by Gasteiger charge is 2.29. The van der Waals surface area contributed by atoms with Crippen molar-refractivity contribution in [3.05, 3.63) is 42.0 Å². The number of halogens is 3. The maximum atomic E-state index is 14.7. The lowest BCUT2D eigenvalue weighted by Gasteiger charge is -2.33. The zero-order valence-electron chi connectivity index (χ0n) is 22.5. The van der Waals surface area contributed by atoms with E-state index >= 15 is 0 Å². The van der Waals surface area contributed by atoms with Gasteiger partial charge in [0, 0.05) is 29.6 Å². The fourth-order valence-corrected chi connectivity index (χ4v) is 6.57. The fourth-order valence-electron chi connectivity index (χ4n) is 4.47. The predicted octanol–water partition coefficient (Wildman–Crippen LogP) is 5.60. The number of carbonyl (C=O) groups excluding carboxylic acids is 1. The standard InChI is InChI=1S/C26H30F3N7O2S2/c1-26(2,3)36-12-14(10-31-36)24(37)30-11-19-33-23(34-38-19)22-21(40-25(28)29)15-6-5-7-18(20(15)39-22)32-17-8-9-35(4)13-16(17)27/h5-7,10,12,16-17,25,32H,8-9,11,13H2,1-4H3,(H,30,37)/t16-,17+/m0/s1. The molecule has 4 heterocycles. The zero-order valence-corrected chi connectivity index (χ0v) is 24.1. The highest BCUT2D eigenvalue weighted by molar-refractivity contribution is 8.00. The Balaban J connectivity index is 1.37. The summed E-state index contributed by atoms with van der Waals surface area (Å²) in [4.78, 5) is 19.7. The van der Waals surface area contributed by atoms with Crippen LogP contribution < -0.4 is 10.6 Å². The SMILES string of the molecule is CN1CC[C@@H](Nc2cccc3c(SC(F)F)c(-c4noc(CNC(=O)c5cnn(C(C)(C)C)c5)n4)sc23)[C@@H](F)C1. The molecule has 5 rings (SSSR count). The first-order chi connectivity index (χ1) is 19.0. The predicted molar refractivity (Wildman–Crippen MR) is 150 cm³/mol. The van der Waals surface area contributed by atoms with E-state index in [1.165, 1.54) is 17.5 Å². The minimum atomic E-state index is -2.67. The molecule has 40 heavy (non-hydrogen) atoms. The van der Waals surface area contributed by atoms with E-state index in [1.807, 2.05) is 38.8 Å². The summed E-state index contributed by atoms with van der Waals surface area (Å²) in [5, 5.41) is 14.9. The van der Waals surface area contributed by atoms with Gasteiger partial charge in [0.25, 0.3) is 11.7 Å². The number of benzene rings is 1. The van der Waals surface area contributed by atoms with Gasteiger partial charge in [-0.05, 0) is 40.3 Å². The lowest BCUT2D eigenvalue weighted by atomic mass is 10.0. The van der Waals surface area contributed by atoms with Crippen LogP contribution in [0, 0.1) is 0 Å². The van der Waals surface area contributed by atoms with Crippen LogP contribution in [0.3, 0.4) is 0 Å². The van der Waals surface area contributed by atoms with Crippen LogP contribution in [0.1, 0.15) is 43.4 Å². The van der Waals surface area contributed by atoms with E-state index in [4.69, 9.17) is 4.52 Å². The van der Waals surface area contributed by atoms with Gasteiger partial charge in [0.15, 0.2) is 0 Å². The number of alkyl halides is 3. The summed E-state index contributed by atoms with van der Waals surface area (Å²) >= 11 is 1.65. The molecule has 1 aromatic carbocycles. The highest BCUT2D eigenvalue weighted by Crippen LogP contribution is 2.47. The lowest BCUT2D eigenvalue weighted by molar-refractivity contribution is 0.0946. The first-order valence-corrected chi connectivity index (χ1v) is 14.4. The van der Waals surface area contributed by atoms with Crippen molar-refractivity contribution in [2.45, 2.75) is 62.1 Å². The number of anilines is 1. The second kappa shape index (κ2) is 11.4. The Morgan fingerprint density at radius 2 is 2.12 bits per heavy atom. The number of aromatic nitrogens is 4. The molecule has 4 aromatic rings. The smallest absolute Gasteiger partial charge is 0.288 e. The minimum Gasteiger partial charge on any atom is -0.378 e. The van der Waals surface area contributed by atoms with Crippen LogP contribution in [0.5, 0.6) is 0 Å². The molecular formula is C26H30F3N7O2S2. The second-order valence-corrected chi connectivity index (χ2v) is 12.7. The zero-order chi connectivity index (χ0) is 28.6. The van der Waals surface area contributed by atoms with Crippen molar-refractivity contribution in [3.8, 4) is 10.7 Å². The molecule has 1 fully saturated rings. The number of piperidine rings is 1. The Kier molecular flexibility index (Phi) is 8.11. The monoisotopic (exact) mass is 593 g/mol. The Bertz CT molecular complexity index is 1500. The summed E-state index contributed by atoms with van der Waals surface area (Å²) in [6.07, 6.45) is 2.71. The summed E-state index contributed by atoms with van der Waals surface area (Å²) < 4.78 is 49.7. The first kappa shape index (κ1) is 28.4. The van der Waals surface area contributed by atoms with Crippen LogP contribution in [-0.4, -0.2) is 68.8 Å². The number of hydrogen-bond donors (Lipinski definition) is 2. The van der Waals surface area contributed by atoms with E-state index < -0.39 is 11.9 Å². The van der Waals surface area contributed by atoms with Gasteiger partial charge >= 0.3 is 0 Å². The second-order valence-electron chi connectivity index (χ2n) is 10.7. The quantitative estimate of drug-likeness (QED) is 0.255. The molecule has 0 bridgehead atoms. The molecule has 0 saturated carbocycles. The third-order valence-corrected chi connectivity index (χ3v) is 8.77. The average Bonchev–Trinajstić information content (AvgIpc) is 3.63. The molecular weight excluding hydrogens is 563 g/mol. The number of fused-ring (bicyclic) bond motifs is 1. The molecule has 2 atom stereocenters. The Morgan fingerprint density at radius 3 is 2.83 bits per heavy atom. The fraction of sp³-hybridized carbons (Fsp3) is 0.462. The Morgan fingerprint density at radius 1 is 1.32 bits per heavy atom. The van der Waals surface area contributed by atoms with E-state index in [1.54, 1.807) is 23.0 Å². The molecule has 0 radical (unpaired) electrons. The first-order valence-electron chi connectivity index (χ1n) is 12.8. The van der Waals surface area contributed by atoms with Gasteiger partial charge in [-0.3, -0.25) is 9.48 Å². The van der Waals surface area contributed by atoms with Crippen LogP contribution in [-0.2, 0) is 12.1 Å². The van der Waals surface area contributed by atoms with Gasteiger partial charge in [-0.1, -0.05) is 29.1 Å². The van der Waals surface area contributed by atoms with E-state index in [-0.39, 0.29) is 35.7 Å². The van der Waals surface area contributed by atoms with Gasteiger partial charge in [-0.15, -0.1) is 11.3 Å². The van der Waals surface area contributed by atoms with Gasteiger partial charge in [0.1, 0.15) is 6.17 Å². The molecule has 1 aliphatic rings. The summed E-state index contributed by atoms with van der Waals surface area (Å²) in [5.74, 6) is -2.76. The van der Waals surface area contributed by atoms with Crippen molar-refractivity contribution in [2.24, 2.45) is 0 Å². The Hall–Kier alpha value is -3.10. The van der Waals surface area contributed by atoms with E-state index in [2.05, 4.69) is 25.9 Å². The molecule has 1 amide bonds. The maximum absolute atomic E-state index is 14.7. The number of nitrogens with one attached hydrogen (secondary N) is 2. The van der Waals surface area contributed by atoms with Crippen molar-refractivity contribution in [1.82, 2.24) is 30.1 Å². The van der Waals surface area contributed by atoms with Crippen molar-refractivity contribution in [3.63, 3.8) is 0 Å². The molecule has 0 unspecified atom stereocenters. The van der Waals surface area contributed by atoms with Gasteiger partial charge in [-0.2, -0.15) is 18.9 Å². The normalized spacial score (nSPS) is 18.5. The number of hydrogen-bond acceptors (Lipinski definition) is 9.